The number of ether oxygens (including phenoxy) is 2. The van der Waals surface area contributed by atoms with Crippen LogP contribution in [0.5, 0.6) is 17.2 Å². The number of methoxy groups -OCH3 is 1. The first-order chi connectivity index (χ1) is 14.2. The van der Waals surface area contributed by atoms with Crippen molar-refractivity contribution in [2.75, 3.05) is 24.0 Å². The Hall–Kier alpha value is -3.18. The number of aromatic nitrogens is 1. The first kappa shape index (κ1) is 21.5. The van der Waals surface area contributed by atoms with Gasteiger partial charge in [0, 0.05) is 29.5 Å². The fourth-order valence-electron chi connectivity index (χ4n) is 2.61. The number of amides is 2. The number of nitrogens with one attached hydrogen (secondary N) is 2. The summed E-state index contributed by atoms with van der Waals surface area (Å²) in [5, 5.41) is 7.11. The van der Waals surface area contributed by atoms with Crippen LogP contribution < -0.4 is 20.1 Å². The molecule has 30 heavy (non-hydrogen) atoms. The SMILES string of the molecule is COc1c(CS(C)(=O)=O)cccc1Oc1ccc(F)cc1NC(=O)Nc1nccs1. The minimum absolute atomic E-state index is 0.0691. The molecule has 0 spiro atoms. The van der Waals surface area contributed by atoms with E-state index in [1.54, 1.807) is 23.6 Å². The van der Waals surface area contributed by atoms with Gasteiger partial charge in [-0.2, -0.15) is 0 Å². The van der Waals surface area contributed by atoms with Crippen molar-refractivity contribution in [3.63, 3.8) is 0 Å². The first-order valence-electron chi connectivity index (χ1n) is 8.53. The highest BCUT2D eigenvalue weighted by Crippen LogP contribution is 2.38. The topological polar surface area (TPSA) is 107 Å². The van der Waals surface area contributed by atoms with E-state index in [1.165, 1.54) is 36.8 Å². The molecule has 2 aromatic carbocycles. The second-order valence-electron chi connectivity index (χ2n) is 6.18. The summed E-state index contributed by atoms with van der Waals surface area (Å²) in [6.07, 6.45) is 2.65. The molecule has 0 aliphatic carbocycles. The number of carbonyl (C=O) groups is 1. The lowest BCUT2D eigenvalue weighted by Crippen LogP contribution is -2.19. The summed E-state index contributed by atoms with van der Waals surface area (Å²) in [6, 6.07) is 7.79. The van der Waals surface area contributed by atoms with Crippen LogP contribution >= 0.6 is 11.3 Å². The van der Waals surface area contributed by atoms with Crippen LogP contribution in [0, 0.1) is 5.82 Å². The zero-order valence-electron chi connectivity index (χ0n) is 16.0. The summed E-state index contributed by atoms with van der Waals surface area (Å²) in [5.74, 6) is -0.234. The van der Waals surface area contributed by atoms with Gasteiger partial charge in [0.05, 0.1) is 18.6 Å². The predicted molar refractivity (Wildman–Crippen MR) is 113 cm³/mol. The molecule has 158 valence electrons. The van der Waals surface area contributed by atoms with Gasteiger partial charge in [-0.25, -0.2) is 22.6 Å². The van der Waals surface area contributed by atoms with Gasteiger partial charge in [-0.05, 0) is 18.2 Å². The predicted octanol–water partition coefficient (Wildman–Crippen LogP) is 4.27. The number of thiazole rings is 1. The molecule has 1 heterocycles. The zero-order chi connectivity index (χ0) is 21.7. The van der Waals surface area contributed by atoms with E-state index in [4.69, 9.17) is 9.47 Å². The number of benzene rings is 2. The number of para-hydroxylation sites is 1. The second kappa shape index (κ2) is 9.09. The lowest BCUT2D eigenvalue weighted by molar-refractivity contribution is 0.262. The van der Waals surface area contributed by atoms with E-state index in [0.29, 0.717) is 10.7 Å². The molecule has 0 atom stereocenters. The molecule has 1 aromatic heterocycles. The Balaban J connectivity index is 1.88. The lowest BCUT2D eigenvalue weighted by atomic mass is 10.2. The van der Waals surface area contributed by atoms with Crippen LogP contribution in [0.2, 0.25) is 0 Å². The van der Waals surface area contributed by atoms with Crippen LogP contribution in [0.25, 0.3) is 0 Å². The molecule has 0 fully saturated rings. The summed E-state index contributed by atoms with van der Waals surface area (Å²) < 4.78 is 48.3. The maximum absolute atomic E-state index is 13.8. The van der Waals surface area contributed by atoms with Crippen molar-refractivity contribution in [1.82, 2.24) is 4.98 Å². The number of halogens is 1. The molecule has 0 saturated heterocycles. The number of sulfone groups is 1. The molecule has 11 heteroatoms. The molecule has 2 amide bonds. The molecule has 3 aromatic rings. The summed E-state index contributed by atoms with van der Waals surface area (Å²) in [4.78, 5) is 16.1. The van der Waals surface area contributed by atoms with Gasteiger partial charge in [0.25, 0.3) is 0 Å². The number of hydrogen-bond donors (Lipinski definition) is 2. The number of urea groups is 1. The molecule has 0 saturated carbocycles. The van der Waals surface area contributed by atoms with Crippen molar-refractivity contribution < 1.29 is 27.1 Å². The quantitative estimate of drug-likeness (QED) is 0.556. The standard InChI is InChI=1S/C19H18FN3O5S2/c1-27-17-12(11-30(2,25)26)4-3-5-16(17)28-15-7-6-13(20)10-14(15)22-18(24)23-19-21-8-9-29-19/h3-10H,11H2,1-2H3,(H2,21,22,23,24). The monoisotopic (exact) mass is 451 g/mol. The molecule has 0 radical (unpaired) electrons. The minimum Gasteiger partial charge on any atom is -0.493 e. The fourth-order valence-corrected chi connectivity index (χ4v) is 3.93. The van der Waals surface area contributed by atoms with E-state index in [-0.39, 0.29) is 28.7 Å². The molecule has 2 N–H and O–H groups in total. The summed E-state index contributed by atoms with van der Waals surface area (Å²) >= 11 is 1.23. The summed E-state index contributed by atoms with van der Waals surface area (Å²) in [5.41, 5.74) is 0.482. The summed E-state index contributed by atoms with van der Waals surface area (Å²) in [7, 11) is -1.92. The molecule has 0 bridgehead atoms. The molecular weight excluding hydrogens is 433 g/mol. The van der Waals surface area contributed by atoms with Crippen molar-refractivity contribution in [2.24, 2.45) is 0 Å². The zero-order valence-corrected chi connectivity index (χ0v) is 17.6. The highest BCUT2D eigenvalue weighted by Gasteiger charge is 2.17. The van der Waals surface area contributed by atoms with Gasteiger partial charge in [-0.15, -0.1) is 11.3 Å². The smallest absolute Gasteiger partial charge is 0.325 e. The Morgan fingerprint density at radius 3 is 2.67 bits per heavy atom. The van der Waals surface area contributed by atoms with Crippen molar-refractivity contribution in [2.45, 2.75) is 5.75 Å². The molecule has 0 aliphatic heterocycles. The number of nitrogens with zero attached hydrogens (tertiary/aromatic N) is 1. The number of anilines is 2. The third kappa shape index (κ3) is 5.67. The Bertz CT molecular complexity index is 1150. The Morgan fingerprint density at radius 2 is 2.00 bits per heavy atom. The van der Waals surface area contributed by atoms with E-state index in [2.05, 4.69) is 15.6 Å². The van der Waals surface area contributed by atoms with E-state index >= 15 is 0 Å². The van der Waals surface area contributed by atoms with E-state index in [0.717, 1.165) is 12.3 Å². The Labute approximate surface area is 176 Å². The van der Waals surface area contributed by atoms with Gasteiger partial charge >= 0.3 is 6.03 Å². The second-order valence-corrected chi connectivity index (χ2v) is 9.21. The molecule has 0 unspecified atom stereocenters. The number of hydrogen-bond acceptors (Lipinski definition) is 7. The van der Waals surface area contributed by atoms with Gasteiger partial charge in [0.1, 0.15) is 5.82 Å². The van der Waals surface area contributed by atoms with Crippen LogP contribution in [0.3, 0.4) is 0 Å². The largest absolute Gasteiger partial charge is 0.493 e. The average molecular weight is 452 g/mol. The van der Waals surface area contributed by atoms with Gasteiger partial charge in [-0.3, -0.25) is 5.32 Å². The maximum atomic E-state index is 13.8. The van der Waals surface area contributed by atoms with Gasteiger partial charge < -0.3 is 14.8 Å². The van der Waals surface area contributed by atoms with E-state index < -0.39 is 21.7 Å². The average Bonchev–Trinajstić information content (AvgIpc) is 3.15. The van der Waals surface area contributed by atoms with Crippen molar-refractivity contribution in [1.29, 1.82) is 0 Å². The number of rotatable bonds is 7. The van der Waals surface area contributed by atoms with E-state index in [1.807, 2.05) is 0 Å². The van der Waals surface area contributed by atoms with E-state index in [9.17, 15) is 17.6 Å². The highest BCUT2D eigenvalue weighted by molar-refractivity contribution is 7.89. The van der Waals surface area contributed by atoms with Crippen LogP contribution in [0.1, 0.15) is 5.56 Å². The highest BCUT2D eigenvalue weighted by atomic mass is 32.2. The normalized spacial score (nSPS) is 11.0. The third-order valence-corrected chi connectivity index (χ3v) is 5.27. The third-order valence-electron chi connectivity index (χ3n) is 3.74. The van der Waals surface area contributed by atoms with Crippen LogP contribution in [0.4, 0.5) is 20.0 Å². The van der Waals surface area contributed by atoms with Gasteiger partial charge in [0.2, 0.25) is 0 Å². The Morgan fingerprint density at radius 1 is 1.20 bits per heavy atom. The maximum Gasteiger partial charge on any atom is 0.325 e. The van der Waals surface area contributed by atoms with Crippen molar-refractivity contribution >= 4 is 38.0 Å². The summed E-state index contributed by atoms with van der Waals surface area (Å²) in [6.45, 7) is 0. The lowest BCUT2D eigenvalue weighted by Gasteiger charge is -2.16. The molecular formula is C19H18FN3O5S2. The Kier molecular flexibility index (Phi) is 6.53. The molecule has 0 aliphatic rings. The minimum atomic E-state index is -3.31. The van der Waals surface area contributed by atoms with Crippen LogP contribution in [-0.4, -0.2) is 32.8 Å². The first-order valence-corrected chi connectivity index (χ1v) is 11.5. The van der Waals surface area contributed by atoms with Gasteiger partial charge in [0.15, 0.2) is 32.2 Å². The number of carbonyl (C=O) groups excluding carboxylic acids is 1. The van der Waals surface area contributed by atoms with Crippen LogP contribution in [0.15, 0.2) is 48.0 Å². The fraction of sp³-hybridized carbons (Fsp3) is 0.158. The molecule has 8 nitrogen and oxygen atoms in total. The van der Waals surface area contributed by atoms with Crippen molar-refractivity contribution in [3.05, 3.63) is 59.4 Å². The van der Waals surface area contributed by atoms with Gasteiger partial charge in [-0.1, -0.05) is 12.1 Å². The molecule has 3 rings (SSSR count). The van der Waals surface area contributed by atoms with Crippen LogP contribution in [-0.2, 0) is 15.6 Å². The van der Waals surface area contributed by atoms with Crippen molar-refractivity contribution in [3.8, 4) is 17.2 Å².